The molecular formula is C9H11NO3. The lowest BCUT2D eigenvalue weighted by Gasteiger charge is -2.00. The van der Waals surface area contributed by atoms with Crippen LogP contribution in [0.15, 0.2) is 16.7 Å². The minimum absolute atomic E-state index is 0.105. The van der Waals surface area contributed by atoms with Gasteiger partial charge in [-0.2, -0.15) is 0 Å². The Morgan fingerprint density at radius 3 is 3.08 bits per heavy atom. The normalized spacial score (nSPS) is 9.62. The van der Waals surface area contributed by atoms with E-state index in [1.165, 1.54) is 6.26 Å². The highest BCUT2D eigenvalue weighted by Crippen LogP contribution is 2.14. The van der Waals surface area contributed by atoms with Crippen LogP contribution in [0.4, 0.5) is 5.69 Å². The highest BCUT2D eigenvalue weighted by Gasteiger charge is 2.07. The lowest BCUT2D eigenvalue weighted by molar-refractivity contribution is -0.116. The minimum atomic E-state index is -0.105. The Labute approximate surface area is 75.9 Å². The van der Waals surface area contributed by atoms with Crippen LogP contribution in [0.3, 0.4) is 0 Å². The number of amides is 1. The molecule has 0 spiro atoms. The lowest BCUT2D eigenvalue weighted by atomic mass is 10.3. The second-order valence-corrected chi connectivity index (χ2v) is 2.61. The zero-order valence-electron chi connectivity index (χ0n) is 7.37. The molecule has 0 atom stereocenters. The van der Waals surface area contributed by atoms with Crippen molar-refractivity contribution in [2.75, 3.05) is 5.32 Å². The van der Waals surface area contributed by atoms with Crippen molar-refractivity contribution in [3.63, 3.8) is 0 Å². The Hall–Kier alpha value is -1.58. The van der Waals surface area contributed by atoms with Crippen LogP contribution in [0.1, 0.15) is 30.3 Å². The number of aldehydes is 1. The van der Waals surface area contributed by atoms with Crippen LogP contribution in [0.2, 0.25) is 0 Å². The van der Waals surface area contributed by atoms with E-state index in [4.69, 9.17) is 4.42 Å². The number of hydrogen-bond acceptors (Lipinski definition) is 3. The third-order valence-corrected chi connectivity index (χ3v) is 1.55. The molecule has 0 saturated heterocycles. The van der Waals surface area contributed by atoms with Gasteiger partial charge in [0, 0.05) is 12.5 Å². The second-order valence-electron chi connectivity index (χ2n) is 2.61. The fourth-order valence-corrected chi connectivity index (χ4v) is 0.955. The second kappa shape index (κ2) is 4.45. The molecule has 0 radical (unpaired) electrons. The first-order chi connectivity index (χ1) is 6.27. The molecule has 1 rings (SSSR count). The van der Waals surface area contributed by atoms with Gasteiger partial charge in [0.05, 0.1) is 12.0 Å². The van der Waals surface area contributed by atoms with Gasteiger partial charge in [0.1, 0.15) is 0 Å². The van der Waals surface area contributed by atoms with E-state index in [0.29, 0.717) is 18.4 Å². The number of nitrogens with one attached hydrogen (secondary N) is 1. The maximum absolute atomic E-state index is 11.1. The average molecular weight is 181 g/mol. The highest BCUT2D eigenvalue weighted by molar-refractivity contribution is 5.94. The maximum Gasteiger partial charge on any atom is 0.224 e. The van der Waals surface area contributed by atoms with Crippen LogP contribution in [0, 0.1) is 0 Å². The summed E-state index contributed by atoms with van der Waals surface area (Å²) in [5.41, 5.74) is 0.438. The summed E-state index contributed by atoms with van der Waals surface area (Å²) in [6.07, 6.45) is 3.16. The summed E-state index contributed by atoms with van der Waals surface area (Å²) in [7, 11) is 0. The lowest BCUT2D eigenvalue weighted by Crippen LogP contribution is -2.10. The average Bonchev–Trinajstić information content (AvgIpc) is 2.52. The number of rotatable bonds is 4. The molecular weight excluding hydrogens is 170 g/mol. The first-order valence-corrected chi connectivity index (χ1v) is 4.10. The smallest absolute Gasteiger partial charge is 0.224 e. The largest absolute Gasteiger partial charge is 0.459 e. The van der Waals surface area contributed by atoms with Crippen molar-refractivity contribution in [3.8, 4) is 0 Å². The first-order valence-electron chi connectivity index (χ1n) is 4.10. The van der Waals surface area contributed by atoms with E-state index in [1.807, 2.05) is 6.92 Å². The van der Waals surface area contributed by atoms with Gasteiger partial charge in [-0.05, 0) is 6.42 Å². The molecule has 0 bridgehead atoms. The van der Waals surface area contributed by atoms with Crippen LogP contribution in [0.25, 0.3) is 0 Å². The zero-order valence-corrected chi connectivity index (χ0v) is 7.37. The van der Waals surface area contributed by atoms with Gasteiger partial charge in [0.25, 0.3) is 0 Å². The van der Waals surface area contributed by atoms with Crippen molar-refractivity contribution in [2.45, 2.75) is 19.8 Å². The van der Waals surface area contributed by atoms with E-state index < -0.39 is 0 Å². The quantitative estimate of drug-likeness (QED) is 0.721. The molecule has 0 aliphatic rings. The van der Waals surface area contributed by atoms with E-state index in [2.05, 4.69) is 5.32 Å². The highest BCUT2D eigenvalue weighted by atomic mass is 16.3. The van der Waals surface area contributed by atoms with Gasteiger partial charge in [-0.15, -0.1) is 0 Å². The van der Waals surface area contributed by atoms with Gasteiger partial charge in [-0.1, -0.05) is 6.92 Å². The van der Waals surface area contributed by atoms with Crippen LogP contribution < -0.4 is 5.32 Å². The molecule has 0 unspecified atom stereocenters. The van der Waals surface area contributed by atoms with Crippen molar-refractivity contribution >= 4 is 17.9 Å². The zero-order chi connectivity index (χ0) is 9.68. The number of anilines is 1. The summed E-state index contributed by atoms with van der Waals surface area (Å²) in [6, 6.07) is 1.55. The van der Waals surface area contributed by atoms with Crippen LogP contribution in [0.5, 0.6) is 0 Å². The summed E-state index contributed by atoms with van der Waals surface area (Å²) in [5.74, 6) is 0.0523. The third-order valence-electron chi connectivity index (χ3n) is 1.55. The molecule has 0 saturated carbocycles. The van der Waals surface area contributed by atoms with Crippen molar-refractivity contribution < 1.29 is 14.0 Å². The molecule has 1 aromatic heterocycles. The Balaban J connectivity index is 2.62. The van der Waals surface area contributed by atoms with Gasteiger partial charge >= 0.3 is 0 Å². The van der Waals surface area contributed by atoms with E-state index >= 15 is 0 Å². The fourth-order valence-electron chi connectivity index (χ4n) is 0.955. The molecule has 4 nitrogen and oxygen atoms in total. The number of carbonyl (C=O) groups excluding carboxylic acids is 2. The predicted octanol–water partition coefficient (Wildman–Crippen LogP) is 1.83. The standard InChI is InChI=1S/C9H11NO3/c1-2-3-9(12)10-7-4-5-13-8(7)6-11/h4-6H,2-3H2,1H3,(H,10,12). The molecule has 0 aromatic carbocycles. The number of furan rings is 1. The molecule has 13 heavy (non-hydrogen) atoms. The Morgan fingerprint density at radius 2 is 2.46 bits per heavy atom. The molecule has 1 heterocycles. The molecule has 1 amide bonds. The van der Waals surface area contributed by atoms with Crippen molar-refractivity contribution in [1.82, 2.24) is 0 Å². The van der Waals surface area contributed by atoms with Crippen molar-refractivity contribution in [3.05, 3.63) is 18.1 Å². The van der Waals surface area contributed by atoms with Crippen LogP contribution in [-0.2, 0) is 4.79 Å². The van der Waals surface area contributed by atoms with Gasteiger partial charge in [-0.25, -0.2) is 0 Å². The van der Waals surface area contributed by atoms with Crippen LogP contribution in [-0.4, -0.2) is 12.2 Å². The molecule has 0 aliphatic carbocycles. The maximum atomic E-state index is 11.1. The first kappa shape index (κ1) is 9.51. The number of hydrogen-bond donors (Lipinski definition) is 1. The van der Waals surface area contributed by atoms with Crippen LogP contribution >= 0.6 is 0 Å². The Morgan fingerprint density at radius 1 is 1.69 bits per heavy atom. The molecule has 70 valence electrons. The van der Waals surface area contributed by atoms with Gasteiger partial charge in [0.2, 0.25) is 5.91 Å². The summed E-state index contributed by atoms with van der Waals surface area (Å²) in [5, 5.41) is 2.58. The molecule has 1 N–H and O–H groups in total. The molecule has 1 aromatic rings. The third kappa shape index (κ3) is 2.43. The summed E-state index contributed by atoms with van der Waals surface area (Å²) < 4.78 is 4.81. The SMILES string of the molecule is CCCC(=O)Nc1ccoc1C=O. The summed E-state index contributed by atoms with van der Waals surface area (Å²) in [6.45, 7) is 1.91. The number of carbonyl (C=O) groups is 2. The van der Waals surface area contributed by atoms with Crippen molar-refractivity contribution in [1.29, 1.82) is 0 Å². The Bertz CT molecular complexity index is 304. The molecule has 0 fully saturated rings. The Kier molecular flexibility index (Phi) is 3.25. The van der Waals surface area contributed by atoms with E-state index in [9.17, 15) is 9.59 Å². The molecule has 0 aliphatic heterocycles. The minimum Gasteiger partial charge on any atom is -0.459 e. The predicted molar refractivity (Wildman–Crippen MR) is 47.6 cm³/mol. The van der Waals surface area contributed by atoms with Gasteiger partial charge in [-0.3, -0.25) is 9.59 Å². The summed E-state index contributed by atoms with van der Waals surface area (Å²) in [4.78, 5) is 21.5. The van der Waals surface area contributed by atoms with E-state index in [0.717, 1.165) is 6.42 Å². The van der Waals surface area contributed by atoms with E-state index in [-0.39, 0.29) is 11.7 Å². The fraction of sp³-hybridized carbons (Fsp3) is 0.333. The summed E-state index contributed by atoms with van der Waals surface area (Å²) >= 11 is 0. The monoisotopic (exact) mass is 181 g/mol. The van der Waals surface area contributed by atoms with E-state index in [1.54, 1.807) is 6.07 Å². The molecule has 4 heteroatoms. The van der Waals surface area contributed by atoms with Gasteiger partial charge < -0.3 is 9.73 Å². The van der Waals surface area contributed by atoms with Crippen molar-refractivity contribution in [2.24, 2.45) is 0 Å². The van der Waals surface area contributed by atoms with Gasteiger partial charge in [0.15, 0.2) is 12.0 Å². The topological polar surface area (TPSA) is 59.3 Å².